The number of unbranched alkanes of at least 4 members (excludes halogenated alkanes) is 2. The molecule has 0 aliphatic heterocycles. The van der Waals surface area contributed by atoms with Crippen molar-refractivity contribution in [2.24, 2.45) is 0 Å². The van der Waals surface area contributed by atoms with Crippen LogP contribution in [0.4, 0.5) is 0 Å². The molecule has 1 aromatic heterocycles. The fraction of sp³-hybridized carbons (Fsp3) is 0.533. The Kier molecular flexibility index (Phi) is 5.28. The second kappa shape index (κ2) is 6.76. The molecule has 1 unspecified atom stereocenters. The maximum absolute atomic E-state index is 6.05. The van der Waals surface area contributed by atoms with Gasteiger partial charge in [0.25, 0.3) is 0 Å². The molecule has 2 aromatic rings. The SMILES string of the molecule is CCCCCC(C)n1c(CCl)nc2cc(Br)ccc21. The Morgan fingerprint density at radius 1 is 1.37 bits per heavy atom. The van der Waals surface area contributed by atoms with Crippen molar-refractivity contribution in [1.29, 1.82) is 0 Å². The Bertz CT molecular complexity index is 550. The van der Waals surface area contributed by atoms with Gasteiger partial charge in [0.05, 0.1) is 16.9 Å². The van der Waals surface area contributed by atoms with Crippen molar-refractivity contribution in [3.63, 3.8) is 0 Å². The van der Waals surface area contributed by atoms with Crippen LogP contribution in [0.25, 0.3) is 11.0 Å². The molecule has 0 bridgehead atoms. The van der Waals surface area contributed by atoms with E-state index in [1.54, 1.807) is 0 Å². The summed E-state index contributed by atoms with van der Waals surface area (Å²) in [6.07, 6.45) is 4.99. The molecule has 2 nitrogen and oxygen atoms in total. The second-order valence-electron chi connectivity index (χ2n) is 5.01. The maximum Gasteiger partial charge on any atom is 0.125 e. The lowest BCUT2D eigenvalue weighted by Crippen LogP contribution is -2.08. The number of imidazole rings is 1. The lowest BCUT2D eigenvalue weighted by Gasteiger charge is -2.16. The number of alkyl halides is 1. The molecule has 0 radical (unpaired) electrons. The summed E-state index contributed by atoms with van der Waals surface area (Å²) in [6.45, 7) is 4.49. The van der Waals surface area contributed by atoms with Crippen LogP contribution in [-0.2, 0) is 5.88 Å². The number of hydrogen-bond donors (Lipinski definition) is 0. The average Bonchev–Trinajstić information content (AvgIpc) is 2.76. The standard InChI is InChI=1S/C15H20BrClN2/c1-3-4-5-6-11(2)19-14-8-7-12(16)9-13(14)18-15(19)10-17/h7-9,11H,3-6,10H2,1-2H3. The average molecular weight is 344 g/mol. The fourth-order valence-electron chi connectivity index (χ4n) is 2.53. The predicted molar refractivity (Wildman–Crippen MR) is 85.8 cm³/mol. The van der Waals surface area contributed by atoms with Gasteiger partial charge in [-0.3, -0.25) is 0 Å². The quantitative estimate of drug-likeness (QED) is 0.487. The predicted octanol–water partition coefficient (Wildman–Crippen LogP) is 5.68. The summed E-state index contributed by atoms with van der Waals surface area (Å²) in [5, 5.41) is 0. The molecule has 0 N–H and O–H groups in total. The highest BCUT2D eigenvalue weighted by molar-refractivity contribution is 9.10. The largest absolute Gasteiger partial charge is 0.324 e. The van der Waals surface area contributed by atoms with E-state index in [1.807, 2.05) is 0 Å². The number of halogens is 2. The Labute approximate surface area is 128 Å². The smallest absolute Gasteiger partial charge is 0.125 e. The first-order valence-electron chi connectivity index (χ1n) is 6.89. The van der Waals surface area contributed by atoms with Crippen LogP contribution in [0.5, 0.6) is 0 Å². The van der Waals surface area contributed by atoms with Gasteiger partial charge in [0.15, 0.2) is 0 Å². The minimum absolute atomic E-state index is 0.450. The van der Waals surface area contributed by atoms with Crippen LogP contribution < -0.4 is 0 Å². The first-order valence-corrected chi connectivity index (χ1v) is 8.22. The van der Waals surface area contributed by atoms with Crippen LogP contribution in [0.15, 0.2) is 22.7 Å². The molecule has 0 fully saturated rings. The molecule has 2 rings (SSSR count). The third-order valence-electron chi connectivity index (χ3n) is 3.51. The van der Waals surface area contributed by atoms with Crippen LogP contribution in [0, 0.1) is 0 Å². The van der Waals surface area contributed by atoms with Crippen LogP contribution in [0.3, 0.4) is 0 Å². The van der Waals surface area contributed by atoms with Gasteiger partial charge in [-0.15, -0.1) is 11.6 Å². The van der Waals surface area contributed by atoms with Crippen molar-refractivity contribution in [1.82, 2.24) is 9.55 Å². The molecule has 1 atom stereocenters. The van der Waals surface area contributed by atoms with Crippen LogP contribution in [0.1, 0.15) is 51.4 Å². The van der Waals surface area contributed by atoms with Gasteiger partial charge >= 0.3 is 0 Å². The molecule has 19 heavy (non-hydrogen) atoms. The zero-order valence-electron chi connectivity index (χ0n) is 11.5. The number of nitrogens with zero attached hydrogens (tertiary/aromatic N) is 2. The molecule has 1 heterocycles. The van der Waals surface area contributed by atoms with E-state index in [4.69, 9.17) is 11.6 Å². The van der Waals surface area contributed by atoms with E-state index in [0.717, 1.165) is 15.8 Å². The Morgan fingerprint density at radius 2 is 2.16 bits per heavy atom. The number of hydrogen-bond acceptors (Lipinski definition) is 1. The number of aromatic nitrogens is 2. The van der Waals surface area contributed by atoms with Crippen molar-refractivity contribution in [2.75, 3.05) is 0 Å². The molecule has 0 saturated carbocycles. The second-order valence-corrected chi connectivity index (χ2v) is 6.19. The minimum Gasteiger partial charge on any atom is -0.324 e. The Hall–Kier alpha value is -0.540. The summed E-state index contributed by atoms with van der Waals surface area (Å²) in [4.78, 5) is 4.64. The highest BCUT2D eigenvalue weighted by atomic mass is 79.9. The van der Waals surface area contributed by atoms with E-state index in [0.29, 0.717) is 11.9 Å². The van der Waals surface area contributed by atoms with E-state index in [9.17, 15) is 0 Å². The molecule has 0 aliphatic carbocycles. The molecule has 0 saturated heterocycles. The zero-order chi connectivity index (χ0) is 13.8. The molecule has 0 amide bonds. The van der Waals surface area contributed by atoms with Crippen LogP contribution >= 0.6 is 27.5 Å². The molecule has 0 aliphatic rings. The number of rotatable bonds is 6. The Morgan fingerprint density at radius 3 is 2.84 bits per heavy atom. The summed E-state index contributed by atoms with van der Waals surface area (Å²) in [7, 11) is 0. The van der Waals surface area contributed by atoms with Crippen LogP contribution in [0.2, 0.25) is 0 Å². The number of benzene rings is 1. The van der Waals surface area contributed by atoms with E-state index in [2.05, 4.69) is 57.5 Å². The maximum atomic E-state index is 6.05. The lowest BCUT2D eigenvalue weighted by atomic mass is 10.1. The number of fused-ring (bicyclic) bond motifs is 1. The van der Waals surface area contributed by atoms with Crippen molar-refractivity contribution < 1.29 is 0 Å². The first kappa shape index (κ1) is 14.9. The first-order chi connectivity index (χ1) is 9.17. The summed E-state index contributed by atoms with van der Waals surface area (Å²) < 4.78 is 3.36. The normalized spacial score (nSPS) is 13.1. The summed E-state index contributed by atoms with van der Waals surface area (Å²) in [5.41, 5.74) is 2.20. The minimum atomic E-state index is 0.450. The van der Waals surface area contributed by atoms with Crippen molar-refractivity contribution in [3.05, 3.63) is 28.5 Å². The van der Waals surface area contributed by atoms with E-state index in [1.165, 1.54) is 31.2 Å². The lowest BCUT2D eigenvalue weighted by molar-refractivity contribution is 0.477. The molecule has 1 aromatic carbocycles. The van der Waals surface area contributed by atoms with Gasteiger partial charge in [0.1, 0.15) is 5.82 Å². The molecule has 104 valence electrons. The fourth-order valence-corrected chi connectivity index (χ4v) is 3.06. The monoisotopic (exact) mass is 342 g/mol. The van der Waals surface area contributed by atoms with Gasteiger partial charge in [-0.05, 0) is 31.5 Å². The van der Waals surface area contributed by atoms with Gasteiger partial charge in [-0.2, -0.15) is 0 Å². The van der Waals surface area contributed by atoms with E-state index in [-0.39, 0.29) is 0 Å². The summed E-state index contributed by atoms with van der Waals surface area (Å²) >= 11 is 9.55. The van der Waals surface area contributed by atoms with Gasteiger partial charge in [-0.25, -0.2) is 4.98 Å². The van der Waals surface area contributed by atoms with Gasteiger partial charge in [-0.1, -0.05) is 42.1 Å². The third-order valence-corrected chi connectivity index (χ3v) is 4.24. The highest BCUT2D eigenvalue weighted by Gasteiger charge is 2.15. The summed E-state index contributed by atoms with van der Waals surface area (Å²) in [6, 6.07) is 6.70. The van der Waals surface area contributed by atoms with Gasteiger partial charge in [0.2, 0.25) is 0 Å². The van der Waals surface area contributed by atoms with Crippen LogP contribution in [-0.4, -0.2) is 9.55 Å². The van der Waals surface area contributed by atoms with E-state index < -0.39 is 0 Å². The molecule has 4 heteroatoms. The van der Waals surface area contributed by atoms with Crippen molar-refractivity contribution in [2.45, 2.75) is 51.5 Å². The topological polar surface area (TPSA) is 17.8 Å². The highest BCUT2D eigenvalue weighted by Crippen LogP contribution is 2.27. The summed E-state index contributed by atoms with van der Waals surface area (Å²) in [5.74, 6) is 1.43. The van der Waals surface area contributed by atoms with Crippen molar-refractivity contribution in [3.8, 4) is 0 Å². The van der Waals surface area contributed by atoms with Gasteiger partial charge < -0.3 is 4.57 Å². The van der Waals surface area contributed by atoms with E-state index >= 15 is 0 Å². The third kappa shape index (κ3) is 3.32. The molecule has 0 spiro atoms. The molecular formula is C15H20BrClN2. The molecular weight excluding hydrogens is 324 g/mol. The van der Waals surface area contributed by atoms with Crippen molar-refractivity contribution >= 4 is 38.6 Å². The van der Waals surface area contributed by atoms with Gasteiger partial charge in [0, 0.05) is 10.5 Å². The zero-order valence-corrected chi connectivity index (χ0v) is 13.8. The Balaban J connectivity index is 2.34.